The van der Waals surface area contributed by atoms with Gasteiger partial charge < -0.3 is 10.4 Å². The molecule has 98 valence electrons. The van der Waals surface area contributed by atoms with Gasteiger partial charge in [0.1, 0.15) is 0 Å². The third-order valence-corrected chi connectivity index (χ3v) is 3.50. The molecule has 1 saturated carbocycles. The molecule has 18 heavy (non-hydrogen) atoms. The molecule has 2 unspecified atom stereocenters. The van der Waals surface area contributed by atoms with Gasteiger partial charge in [0.05, 0.1) is 12.5 Å². The number of hydrogen-bond donors (Lipinski definition) is 2. The average Bonchev–Trinajstić information content (AvgIpc) is 2.39. The lowest BCUT2D eigenvalue weighted by Gasteiger charge is -2.27. The number of pyridine rings is 1. The Morgan fingerprint density at radius 1 is 1.39 bits per heavy atom. The van der Waals surface area contributed by atoms with Crippen LogP contribution in [0.25, 0.3) is 0 Å². The van der Waals surface area contributed by atoms with Crippen molar-refractivity contribution >= 4 is 5.91 Å². The number of nitrogens with one attached hydrogen (secondary N) is 1. The van der Waals surface area contributed by atoms with Crippen molar-refractivity contribution in [2.75, 3.05) is 6.54 Å². The SMILES string of the molecule is O=C(Cc1ccccn1)NCC1CCCCC1O. The molecule has 4 nitrogen and oxygen atoms in total. The summed E-state index contributed by atoms with van der Waals surface area (Å²) in [4.78, 5) is 15.8. The van der Waals surface area contributed by atoms with Crippen LogP contribution in [-0.2, 0) is 11.2 Å². The van der Waals surface area contributed by atoms with E-state index in [2.05, 4.69) is 10.3 Å². The number of aromatic nitrogens is 1. The first-order valence-corrected chi connectivity index (χ1v) is 6.60. The molecule has 1 aliphatic carbocycles. The van der Waals surface area contributed by atoms with E-state index in [-0.39, 0.29) is 17.9 Å². The molecule has 0 radical (unpaired) electrons. The van der Waals surface area contributed by atoms with Crippen molar-refractivity contribution in [3.05, 3.63) is 30.1 Å². The number of carbonyl (C=O) groups is 1. The molecule has 0 spiro atoms. The molecular weight excluding hydrogens is 228 g/mol. The molecule has 1 aliphatic rings. The van der Waals surface area contributed by atoms with Gasteiger partial charge >= 0.3 is 0 Å². The largest absolute Gasteiger partial charge is 0.393 e. The topological polar surface area (TPSA) is 62.2 Å². The van der Waals surface area contributed by atoms with Crippen molar-refractivity contribution in [3.8, 4) is 0 Å². The maximum Gasteiger partial charge on any atom is 0.226 e. The van der Waals surface area contributed by atoms with E-state index < -0.39 is 0 Å². The van der Waals surface area contributed by atoms with Gasteiger partial charge in [0.2, 0.25) is 5.91 Å². The van der Waals surface area contributed by atoms with E-state index in [9.17, 15) is 9.90 Å². The normalized spacial score (nSPS) is 23.6. The second-order valence-electron chi connectivity index (χ2n) is 4.91. The lowest BCUT2D eigenvalue weighted by atomic mass is 9.86. The summed E-state index contributed by atoms with van der Waals surface area (Å²) >= 11 is 0. The van der Waals surface area contributed by atoms with Gasteiger partial charge in [-0.05, 0) is 25.0 Å². The number of aliphatic hydroxyl groups is 1. The molecule has 2 atom stereocenters. The summed E-state index contributed by atoms with van der Waals surface area (Å²) < 4.78 is 0. The molecule has 0 aromatic carbocycles. The Balaban J connectivity index is 1.74. The Labute approximate surface area is 107 Å². The first kappa shape index (κ1) is 13.0. The Morgan fingerprint density at radius 2 is 2.22 bits per heavy atom. The average molecular weight is 248 g/mol. The van der Waals surface area contributed by atoms with E-state index in [1.54, 1.807) is 6.20 Å². The third-order valence-electron chi connectivity index (χ3n) is 3.50. The molecule has 1 amide bonds. The Hall–Kier alpha value is -1.42. The van der Waals surface area contributed by atoms with Crippen LogP contribution in [0.3, 0.4) is 0 Å². The van der Waals surface area contributed by atoms with Crippen molar-refractivity contribution in [3.63, 3.8) is 0 Å². The van der Waals surface area contributed by atoms with Gasteiger partial charge in [-0.3, -0.25) is 9.78 Å². The number of aliphatic hydroxyl groups excluding tert-OH is 1. The van der Waals surface area contributed by atoms with Crippen LogP contribution in [0.1, 0.15) is 31.4 Å². The fourth-order valence-electron chi connectivity index (χ4n) is 2.40. The zero-order valence-electron chi connectivity index (χ0n) is 10.5. The van der Waals surface area contributed by atoms with Gasteiger partial charge in [-0.15, -0.1) is 0 Å². The molecular formula is C14H20N2O2. The molecule has 1 fully saturated rings. The second kappa shape index (κ2) is 6.50. The monoisotopic (exact) mass is 248 g/mol. The van der Waals surface area contributed by atoms with Gasteiger partial charge in [0.25, 0.3) is 0 Å². The zero-order chi connectivity index (χ0) is 12.8. The summed E-state index contributed by atoms with van der Waals surface area (Å²) in [7, 11) is 0. The highest BCUT2D eigenvalue weighted by Crippen LogP contribution is 2.23. The third kappa shape index (κ3) is 3.81. The van der Waals surface area contributed by atoms with Crippen molar-refractivity contribution in [1.82, 2.24) is 10.3 Å². The molecule has 1 aromatic heterocycles. The highest BCUT2D eigenvalue weighted by molar-refractivity contribution is 5.78. The van der Waals surface area contributed by atoms with E-state index in [0.29, 0.717) is 13.0 Å². The van der Waals surface area contributed by atoms with Crippen LogP contribution in [0.5, 0.6) is 0 Å². The summed E-state index contributed by atoms with van der Waals surface area (Å²) in [5.41, 5.74) is 0.777. The fourth-order valence-corrected chi connectivity index (χ4v) is 2.40. The van der Waals surface area contributed by atoms with Crippen LogP contribution < -0.4 is 5.32 Å². The highest BCUT2D eigenvalue weighted by atomic mass is 16.3. The van der Waals surface area contributed by atoms with E-state index in [0.717, 1.165) is 31.4 Å². The summed E-state index contributed by atoms with van der Waals surface area (Å²) in [6.45, 7) is 0.576. The first-order valence-electron chi connectivity index (χ1n) is 6.60. The van der Waals surface area contributed by atoms with Crippen LogP contribution in [0, 0.1) is 5.92 Å². The van der Waals surface area contributed by atoms with Crippen LogP contribution in [0.15, 0.2) is 24.4 Å². The summed E-state index contributed by atoms with van der Waals surface area (Å²) in [6.07, 6.45) is 5.86. The number of hydrogen-bond acceptors (Lipinski definition) is 3. The number of carbonyl (C=O) groups excluding carboxylic acids is 1. The van der Waals surface area contributed by atoms with Gasteiger partial charge in [-0.25, -0.2) is 0 Å². The Kier molecular flexibility index (Phi) is 4.70. The van der Waals surface area contributed by atoms with Gasteiger partial charge in [0.15, 0.2) is 0 Å². The van der Waals surface area contributed by atoms with Crippen LogP contribution in [0.4, 0.5) is 0 Å². The van der Waals surface area contributed by atoms with Gasteiger partial charge in [-0.1, -0.05) is 18.9 Å². The van der Waals surface area contributed by atoms with Crippen molar-refractivity contribution in [2.24, 2.45) is 5.92 Å². The molecule has 2 rings (SSSR count). The van der Waals surface area contributed by atoms with E-state index in [4.69, 9.17) is 0 Å². The van der Waals surface area contributed by atoms with E-state index in [1.807, 2.05) is 18.2 Å². The molecule has 1 aromatic rings. The lowest BCUT2D eigenvalue weighted by molar-refractivity contribution is -0.120. The number of nitrogens with zero attached hydrogens (tertiary/aromatic N) is 1. The maximum atomic E-state index is 11.7. The molecule has 4 heteroatoms. The maximum absolute atomic E-state index is 11.7. The van der Waals surface area contributed by atoms with Gasteiger partial charge in [-0.2, -0.15) is 0 Å². The second-order valence-corrected chi connectivity index (χ2v) is 4.91. The van der Waals surface area contributed by atoms with Crippen molar-refractivity contribution in [2.45, 2.75) is 38.2 Å². The number of rotatable bonds is 4. The Morgan fingerprint density at radius 3 is 2.94 bits per heavy atom. The summed E-state index contributed by atoms with van der Waals surface area (Å²) in [5.74, 6) is 0.193. The van der Waals surface area contributed by atoms with Gasteiger partial charge in [0, 0.05) is 24.4 Å². The minimum Gasteiger partial charge on any atom is -0.393 e. The Bertz CT molecular complexity index is 381. The minimum atomic E-state index is -0.256. The van der Waals surface area contributed by atoms with E-state index in [1.165, 1.54) is 0 Å². The molecule has 0 bridgehead atoms. The molecule has 2 N–H and O–H groups in total. The fraction of sp³-hybridized carbons (Fsp3) is 0.571. The smallest absolute Gasteiger partial charge is 0.226 e. The predicted molar refractivity (Wildman–Crippen MR) is 68.9 cm³/mol. The quantitative estimate of drug-likeness (QED) is 0.844. The van der Waals surface area contributed by atoms with Crippen LogP contribution in [-0.4, -0.2) is 28.6 Å². The molecule has 0 saturated heterocycles. The summed E-state index contributed by atoms with van der Waals surface area (Å²) in [5, 5.41) is 12.7. The zero-order valence-corrected chi connectivity index (χ0v) is 10.5. The predicted octanol–water partition coefficient (Wildman–Crippen LogP) is 1.29. The molecule has 0 aliphatic heterocycles. The van der Waals surface area contributed by atoms with Crippen LogP contribution >= 0.6 is 0 Å². The van der Waals surface area contributed by atoms with Crippen LogP contribution in [0.2, 0.25) is 0 Å². The highest BCUT2D eigenvalue weighted by Gasteiger charge is 2.23. The molecule has 1 heterocycles. The lowest BCUT2D eigenvalue weighted by Crippen LogP contribution is -2.37. The standard InChI is InChI=1S/C14H20N2O2/c17-13-7-2-1-5-11(13)10-16-14(18)9-12-6-3-4-8-15-12/h3-4,6,8,11,13,17H,1-2,5,7,9-10H2,(H,16,18). The van der Waals surface area contributed by atoms with E-state index >= 15 is 0 Å². The van der Waals surface area contributed by atoms with Crippen molar-refractivity contribution < 1.29 is 9.90 Å². The number of amides is 1. The summed E-state index contributed by atoms with van der Waals surface area (Å²) in [6, 6.07) is 5.55. The first-order chi connectivity index (χ1) is 8.75. The minimum absolute atomic E-state index is 0.0218. The van der Waals surface area contributed by atoms with Crippen molar-refractivity contribution in [1.29, 1.82) is 0 Å².